The molecule has 0 aliphatic carbocycles. The Morgan fingerprint density at radius 1 is 0.947 bits per heavy atom. The van der Waals surface area contributed by atoms with Crippen LogP contribution in [0.25, 0.3) is 0 Å². The first-order chi connectivity index (χ1) is 8.50. The van der Waals surface area contributed by atoms with E-state index in [1.165, 1.54) is 0 Å². The second kappa shape index (κ2) is 6.20. The zero-order chi connectivity index (χ0) is 15.1. The van der Waals surface area contributed by atoms with Crippen molar-refractivity contribution >= 4 is 20.6 Å². The Morgan fingerprint density at radius 3 is 1.63 bits per heavy atom. The van der Waals surface area contributed by atoms with E-state index in [1.807, 2.05) is 0 Å². The van der Waals surface area contributed by atoms with Crippen LogP contribution in [-0.2, 0) is 0 Å². The van der Waals surface area contributed by atoms with Crippen LogP contribution in [0.4, 0.5) is 0 Å². The fourth-order valence-corrected chi connectivity index (χ4v) is 13.3. The van der Waals surface area contributed by atoms with E-state index in [4.69, 9.17) is 0 Å². The predicted molar refractivity (Wildman–Crippen MR) is 85.9 cm³/mol. The number of rotatable bonds is 4. The Labute approximate surface area is 129 Å². The first-order valence-electron chi connectivity index (χ1n) is 7.73. The molecule has 1 aliphatic heterocycles. The summed E-state index contributed by atoms with van der Waals surface area (Å²) in [6.07, 6.45) is 0.606. The summed E-state index contributed by atoms with van der Waals surface area (Å²) in [7, 11) is 0. The molecule has 1 radical (unpaired) electrons. The number of nitrogens with zero attached hydrogens (tertiary/aromatic N) is 3. The minimum atomic E-state index is -1.88. The Kier molecular flexibility index (Phi) is 5.79. The van der Waals surface area contributed by atoms with E-state index in [2.05, 4.69) is 78.6 Å². The van der Waals surface area contributed by atoms with Crippen molar-refractivity contribution in [3.05, 3.63) is 0 Å². The van der Waals surface area contributed by atoms with Crippen LogP contribution in [0.15, 0.2) is 0 Å². The van der Waals surface area contributed by atoms with Gasteiger partial charge in [0.05, 0.1) is 0 Å². The van der Waals surface area contributed by atoms with E-state index in [-0.39, 0.29) is 0 Å². The maximum absolute atomic E-state index is 2.84. The molecule has 0 aromatic heterocycles. The van der Waals surface area contributed by atoms with Gasteiger partial charge < -0.3 is 0 Å². The second-order valence-electron chi connectivity index (χ2n) is 7.57. The van der Waals surface area contributed by atoms with Crippen LogP contribution in [0.2, 0.25) is 0 Å². The molecule has 3 nitrogen and oxygen atoms in total. The van der Waals surface area contributed by atoms with Gasteiger partial charge in [0.2, 0.25) is 0 Å². The summed E-state index contributed by atoms with van der Waals surface area (Å²) in [4.78, 5) is 0. The molecule has 0 N–H and O–H groups in total. The van der Waals surface area contributed by atoms with Gasteiger partial charge in [-0.1, -0.05) is 0 Å². The zero-order valence-corrected chi connectivity index (χ0v) is 17.5. The van der Waals surface area contributed by atoms with Gasteiger partial charge in [-0.15, -0.1) is 0 Å². The molecule has 1 unspecified atom stereocenters. The summed E-state index contributed by atoms with van der Waals surface area (Å²) >= 11 is -1.88. The van der Waals surface area contributed by atoms with Crippen LogP contribution < -0.4 is 0 Å². The molecule has 19 heavy (non-hydrogen) atoms. The van der Waals surface area contributed by atoms with Crippen LogP contribution in [0.1, 0.15) is 69.2 Å². The molecule has 1 atom stereocenters. The summed E-state index contributed by atoms with van der Waals surface area (Å²) in [5.41, 5.74) is 0.293. The van der Waals surface area contributed by atoms with Crippen LogP contribution in [0.5, 0.6) is 0 Å². The molecule has 0 bridgehead atoms. The minimum absolute atomic E-state index is 0.293. The molecule has 0 spiro atoms. The van der Waals surface area contributed by atoms with Crippen molar-refractivity contribution in [2.24, 2.45) is 0 Å². The van der Waals surface area contributed by atoms with Crippen LogP contribution in [0, 0.1) is 0 Å². The topological polar surface area (TPSA) is 9.72 Å². The molecule has 1 aliphatic rings. The van der Waals surface area contributed by atoms with E-state index >= 15 is 0 Å². The molecule has 1 saturated heterocycles. The molecule has 0 aromatic carbocycles. The number of hydrogen-bond acceptors (Lipinski definition) is 3. The summed E-state index contributed by atoms with van der Waals surface area (Å²) in [5.74, 6) is 0. The second-order valence-corrected chi connectivity index (χ2v) is 13.6. The Morgan fingerprint density at radius 2 is 1.37 bits per heavy atom. The molecule has 4 heteroatoms. The molecule has 0 saturated carbocycles. The van der Waals surface area contributed by atoms with Gasteiger partial charge in [-0.2, -0.15) is 0 Å². The van der Waals surface area contributed by atoms with E-state index < -0.39 is 20.6 Å². The third-order valence-corrected chi connectivity index (χ3v) is 16.2. The van der Waals surface area contributed by atoms with E-state index in [0.29, 0.717) is 29.8 Å². The van der Waals surface area contributed by atoms with Crippen molar-refractivity contribution in [2.75, 3.05) is 0 Å². The van der Waals surface area contributed by atoms with Gasteiger partial charge in [0, 0.05) is 0 Å². The van der Waals surface area contributed by atoms with Gasteiger partial charge in [0.15, 0.2) is 0 Å². The molecular formula is C15H34N3Sn. The fraction of sp³-hybridized carbons (Fsp3) is 1.00. The molecule has 0 amide bonds. The molecule has 1 heterocycles. The molecular weight excluding hydrogens is 341 g/mol. The Bertz CT molecular complexity index is 286. The zero-order valence-electron chi connectivity index (χ0n) is 14.7. The summed E-state index contributed by atoms with van der Waals surface area (Å²) < 4.78 is 8.50. The van der Waals surface area contributed by atoms with Crippen LogP contribution >= 0.6 is 0 Å². The van der Waals surface area contributed by atoms with Gasteiger partial charge in [-0.3, -0.25) is 0 Å². The van der Waals surface area contributed by atoms with Gasteiger partial charge in [0.1, 0.15) is 0 Å². The van der Waals surface area contributed by atoms with E-state index in [9.17, 15) is 0 Å². The Balaban J connectivity index is 3.08. The quantitative estimate of drug-likeness (QED) is 0.699. The average molecular weight is 375 g/mol. The maximum atomic E-state index is 2.84. The first kappa shape index (κ1) is 17.7. The van der Waals surface area contributed by atoms with Crippen molar-refractivity contribution in [1.82, 2.24) is 9.36 Å². The molecule has 1 fully saturated rings. The third kappa shape index (κ3) is 3.47. The van der Waals surface area contributed by atoms with Crippen molar-refractivity contribution in [2.45, 2.75) is 99.1 Å². The predicted octanol–water partition coefficient (Wildman–Crippen LogP) is 3.26. The van der Waals surface area contributed by atoms with Gasteiger partial charge in [0.25, 0.3) is 0 Å². The molecule has 0 aromatic rings. The normalized spacial score (nSPS) is 24.0. The van der Waals surface area contributed by atoms with Crippen molar-refractivity contribution < 1.29 is 0 Å². The summed E-state index contributed by atoms with van der Waals surface area (Å²) in [5, 5.41) is 0. The van der Waals surface area contributed by atoms with E-state index in [0.717, 1.165) is 0 Å². The molecule has 1 rings (SSSR count). The fourth-order valence-electron chi connectivity index (χ4n) is 3.37. The SMILES string of the molecule is CC(C)[N](C(C)C)[Sn]1[N](C(C)C)C(C)[N]1C(C)(C)C. The van der Waals surface area contributed by atoms with Crippen molar-refractivity contribution in [1.29, 1.82) is 0 Å². The van der Waals surface area contributed by atoms with Crippen LogP contribution in [-0.4, -0.2) is 59.8 Å². The van der Waals surface area contributed by atoms with Gasteiger partial charge >= 0.3 is 129 Å². The Hall–Kier alpha value is 0.679. The summed E-state index contributed by atoms with van der Waals surface area (Å²) in [6, 6.07) is 1.96. The van der Waals surface area contributed by atoms with E-state index in [1.54, 1.807) is 0 Å². The first-order valence-corrected chi connectivity index (χ1v) is 11.6. The molecule has 113 valence electrons. The van der Waals surface area contributed by atoms with Crippen molar-refractivity contribution in [3.63, 3.8) is 0 Å². The average Bonchev–Trinajstić information content (AvgIpc) is 2.11. The number of hydrogen-bond donors (Lipinski definition) is 0. The monoisotopic (exact) mass is 376 g/mol. The van der Waals surface area contributed by atoms with Gasteiger partial charge in [-0.05, 0) is 0 Å². The standard InChI is InChI=1S/C9H20N2.C6H14N.Sn/c1-7(2)10-8(3)11-9(4,5)6;1-5(2)7-6(3)4;/h7-8H,1-6H3;5-6H,1-4H3;/q-2;-1;+3. The van der Waals surface area contributed by atoms with Crippen LogP contribution in [0.3, 0.4) is 0 Å². The third-order valence-electron chi connectivity index (χ3n) is 3.85. The van der Waals surface area contributed by atoms with Gasteiger partial charge in [-0.25, -0.2) is 0 Å². The summed E-state index contributed by atoms with van der Waals surface area (Å²) in [6.45, 7) is 23.7. The van der Waals surface area contributed by atoms with Crippen molar-refractivity contribution in [3.8, 4) is 0 Å².